The molecule has 44 heavy (non-hydrogen) atoms. The van der Waals surface area contributed by atoms with Gasteiger partial charge < -0.3 is 26.0 Å². The van der Waals surface area contributed by atoms with Gasteiger partial charge in [0.1, 0.15) is 5.82 Å². The third-order valence-electron chi connectivity index (χ3n) is 6.69. The van der Waals surface area contributed by atoms with Crippen LogP contribution in [0.2, 0.25) is 0 Å². The van der Waals surface area contributed by atoms with Crippen molar-refractivity contribution in [3.8, 4) is 5.75 Å². The zero-order valence-corrected chi connectivity index (χ0v) is 27.5. The third kappa shape index (κ3) is 9.33. The SMILES string of the molecule is COc1c(NC(=O)c2ccc(C)c(N(N)/C=C(\N)c3ccc(NCCN(C)C)nc3)c2)cc(C(C)(C)C)cc1NS(C)(=O)=O. The fourth-order valence-electron chi connectivity index (χ4n) is 4.24. The lowest BCUT2D eigenvalue weighted by molar-refractivity contribution is 0.102. The highest BCUT2D eigenvalue weighted by Crippen LogP contribution is 2.39. The number of pyridine rings is 1. The first kappa shape index (κ1) is 34.2. The number of anilines is 4. The molecule has 3 rings (SSSR count). The van der Waals surface area contributed by atoms with Crippen molar-refractivity contribution in [3.63, 3.8) is 0 Å². The number of hydrogen-bond donors (Lipinski definition) is 5. The first-order chi connectivity index (χ1) is 20.5. The number of sulfonamides is 1. The lowest BCUT2D eigenvalue weighted by atomic mass is 9.86. The number of nitrogens with zero attached hydrogens (tertiary/aromatic N) is 3. The average Bonchev–Trinajstić information content (AvgIpc) is 2.91. The van der Waals surface area contributed by atoms with Gasteiger partial charge in [-0.1, -0.05) is 26.8 Å². The van der Waals surface area contributed by atoms with Crippen molar-refractivity contribution >= 4 is 44.5 Å². The molecular weight excluding hydrogens is 580 g/mol. The number of hydrogen-bond acceptors (Lipinski definition) is 10. The Hall–Kier alpha value is -4.33. The normalized spacial score (nSPS) is 12.2. The van der Waals surface area contributed by atoms with Gasteiger partial charge >= 0.3 is 0 Å². The van der Waals surface area contributed by atoms with E-state index in [4.69, 9.17) is 16.3 Å². The van der Waals surface area contributed by atoms with Crippen LogP contribution >= 0.6 is 0 Å². The van der Waals surface area contributed by atoms with Crippen LogP contribution in [0, 0.1) is 6.92 Å². The molecule has 0 aliphatic heterocycles. The van der Waals surface area contributed by atoms with E-state index in [9.17, 15) is 13.2 Å². The highest BCUT2D eigenvalue weighted by atomic mass is 32.2. The van der Waals surface area contributed by atoms with Crippen LogP contribution < -0.4 is 36.7 Å². The summed E-state index contributed by atoms with van der Waals surface area (Å²) in [6.07, 6.45) is 4.29. The van der Waals surface area contributed by atoms with Crippen molar-refractivity contribution in [2.45, 2.75) is 33.1 Å². The summed E-state index contributed by atoms with van der Waals surface area (Å²) in [6.45, 7) is 9.47. The molecule has 0 saturated heterocycles. The minimum Gasteiger partial charge on any atom is -0.492 e. The van der Waals surface area contributed by atoms with Gasteiger partial charge in [-0.3, -0.25) is 14.5 Å². The molecule has 12 nitrogen and oxygen atoms in total. The molecule has 13 heteroatoms. The minimum absolute atomic E-state index is 0.188. The van der Waals surface area contributed by atoms with Gasteiger partial charge in [0.15, 0.2) is 5.75 Å². The van der Waals surface area contributed by atoms with Crippen molar-refractivity contribution in [3.05, 3.63) is 77.1 Å². The summed E-state index contributed by atoms with van der Waals surface area (Å²) in [5.41, 5.74) is 10.1. The maximum atomic E-state index is 13.5. The Morgan fingerprint density at radius 3 is 2.30 bits per heavy atom. The third-order valence-corrected chi connectivity index (χ3v) is 7.28. The van der Waals surface area contributed by atoms with Gasteiger partial charge in [-0.25, -0.2) is 19.2 Å². The van der Waals surface area contributed by atoms with E-state index in [1.54, 1.807) is 42.7 Å². The first-order valence-corrected chi connectivity index (χ1v) is 15.9. The number of hydrazine groups is 1. The molecule has 7 N–H and O–H groups in total. The molecule has 0 unspecified atom stereocenters. The predicted molar refractivity (Wildman–Crippen MR) is 179 cm³/mol. The van der Waals surface area contributed by atoms with E-state index in [1.165, 1.54) is 12.1 Å². The maximum absolute atomic E-state index is 13.5. The second kappa shape index (κ2) is 14.0. The molecule has 0 saturated carbocycles. The van der Waals surface area contributed by atoms with Crippen molar-refractivity contribution in [1.82, 2.24) is 9.88 Å². The standard InChI is InChI=1S/C31H44N8O4S/c1-20-9-10-21(15-27(20)39(33)19-24(32)22-11-12-28(35-18-22)34-13-14-38(5)6)30(40)36-25-16-23(31(2,3)4)17-26(29(25)43-7)37-44(8,41)42/h9-12,15-19,37H,13-14,32-33H2,1-8H3,(H,34,35)(H,36,40)/b24-19-. The second-order valence-corrected chi connectivity index (χ2v) is 13.6. The number of aryl methyl sites for hydroxylation is 1. The molecule has 0 atom stereocenters. The molecule has 0 aliphatic carbocycles. The largest absolute Gasteiger partial charge is 0.492 e. The summed E-state index contributed by atoms with van der Waals surface area (Å²) in [5, 5.41) is 7.50. The first-order valence-electron chi connectivity index (χ1n) is 14.0. The highest BCUT2D eigenvalue weighted by Gasteiger charge is 2.23. The molecule has 1 heterocycles. The summed E-state index contributed by atoms with van der Waals surface area (Å²) in [7, 11) is 1.81. The summed E-state index contributed by atoms with van der Waals surface area (Å²) in [4.78, 5) is 20.0. The van der Waals surface area contributed by atoms with Gasteiger partial charge in [-0.15, -0.1) is 0 Å². The lowest BCUT2D eigenvalue weighted by Crippen LogP contribution is -2.27. The fourth-order valence-corrected chi connectivity index (χ4v) is 4.80. The molecule has 0 spiro atoms. The Morgan fingerprint density at radius 2 is 1.73 bits per heavy atom. The van der Waals surface area contributed by atoms with Crippen LogP contribution in [0.5, 0.6) is 5.75 Å². The van der Waals surface area contributed by atoms with E-state index in [-0.39, 0.29) is 16.9 Å². The quantitative estimate of drug-likeness (QED) is 0.147. The van der Waals surface area contributed by atoms with Gasteiger partial charge in [0.05, 0.1) is 36.1 Å². The number of aromatic nitrogens is 1. The number of benzene rings is 2. The van der Waals surface area contributed by atoms with Crippen LogP contribution in [-0.2, 0) is 15.4 Å². The van der Waals surface area contributed by atoms with Crippen molar-refractivity contribution < 1.29 is 17.9 Å². The fraction of sp³-hybridized carbons (Fsp3) is 0.355. The van der Waals surface area contributed by atoms with E-state index in [2.05, 4.69) is 25.2 Å². The van der Waals surface area contributed by atoms with Crippen LogP contribution in [0.25, 0.3) is 5.70 Å². The van der Waals surface area contributed by atoms with E-state index in [1.807, 2.05) is 53.9 Å². The zero-order valence-electron chi connectivity index (χ0n) is 26.6. The lowest BCUT2D eigenvalue weighted by Gasteiger charge is -2.24. The number of rotatable bonds is 12. The molecule has 3 aromatic rings. The molecule has 0 aliphatic rings. The van der Waals surface area contributed by atoms with Gasteiger partial charge in [0, 0.05) is 36.6 Å². The number of carbonyl (C=O) groups excluding carboxylic acids is 1. The molecule has 1 aromatic heterocycles. The second-order valence-electron chi connectivity index (χ2n) is 11.8. The molecule has 0 bridgehead atoms. The van der Waals surface area contributed by atoms with Gasteiger partial charge in [0.25, 0.3) is 5.91 Å². The monoisotopic (exact) mass is 624 g/mol. The van der Waals surface area contributed by atoms with Crippen LogP contribution in [0.4, 0.5) is 22.9 Å². The number of methoxy groups -OCH3 is 1. The molecule has 0 radical (unpaired) electrons. The number of nitrogens with two attached hydrogens (primary N) is 2. The number of ether oxygens (including phenoxy) is 1. The Balaban J connectivity index is 1.87. The van der Waals surface area contributed by atoms with E-state index < -0.39 is 15.9 Å². The number of carbonyl (C=O) groups is 1. The van der Waals surface area contributed by atoms with Gasteiger partial charge in [-0.2, -0.15) is 0 Å². The van der Waals surface area contributed by atoms with Crippen LogP contribution in [0.15, 0.2) is 54.9 Å². The summed E-state index contributed by atoms with van der Waals surface area (Å²) in [5.74, 6) is 6.89. The average molecular weight is 625 g/mol. The van der Waals surface area contributed by atoms with E-state index in [0.717, 1.165) is 36.3 Å². The zero-order chi connectivity index (χ0) is 32.8. The van der Waals surface area contributed by atoms with Crippen LogP contribution in [-0.4, -0.2) is 64.8 Å². The Labute approximate surface area is 260 Å². The summed E-state index contributed by atoms with van der Waals surface area (Å²) < 4.78 is 32.2. The highest BCUT2D eigenvalue weighted by molar-refractivity contribution is 7.92. The Kier molecular flexibility index (Phi) is 10.8. The van der Waals surface area contributed by atoms with E-state index in [0.29, 0.717) is 28.2 Å². The number of amides is 1. The summed E-state index contributed by atoms with van der Waals surface area (Å²) >= 11 is 0. The minimum atomic E-state index is -3.61. The Morgan fingerprint density at radius 1 is 1.07 bits per heavy atom. The van der Waals surface area contributed by atoms with Gasteiger partial charge in [-0.05, 0) is 74.0 Å². The Bertz CT molecular complexity index is 1610. The molecule has 238 valence electrons. The van der Waals surface area contributed by atoms with E-state index >= 15 is 0 Å². The molecular formula is C31H44N8O4S. The predicted octanol–water partition coefficient (Wildman–Crippen LogP) is 3.93. The van der Waals surface area contributed by atoms with Crippen LogP contribution in [0.1, 0.15) is 47.8 Å². The summed E-state index contributed by atoms with van der Waals surface area (Å²) in [6, 6.07) is 12.3. The number of likely N-dealkylation sites (N-methyl/N-ethyl adjacent to an activating group) is 1. The van der Waals surface area contributed by atoms with Gasteiger partial charge in [0.2, 0.25) is 10.0 Å². The maximum Gasteiger partial charge on any atom is 0.255 e. The topological polar surface area (TPSA) is 168 Å². The molecule has 2 aromatic carbocycles. The van der Waals surface area contributed by atoms with Crippen LogP contribution in [0.3, 0.4) is 0 Å². The smallest absolute Gasteiger partial charge is 0.255 e. The number of nitrogens with one attached hydrogen (secondary N) is 3. The molecule has 1 amide bonds. The van der Waals surface area contributed by atoms with Crippen molar-refractivity contribution in [2.24, 2.45) is 11.6 Å². The molecule has 0 fully saturated rings. The van der Waals surface area contributed by atoms with Crippen molar-refractivity contribution in [1.29, 1.82) is 0 Å². The van der Waals surface area contributed by atoms with Crippen molar-refractivity contribution in [2.75, 3.05) is 60.9 Å².